The minimum Gasteiger partial charge on any atom is -0.369 e. The van der Waals surface area contributed by atoms with E-state index in [0.717, 1.165) is 25.7 Å². The largest absolute Gasteiger partial charge is 0.369 e. The average molecular weight is 323 g/mol. The number of nitrogens with two attached hydrogens (primary N) is 1. The van der Waals surface area contributed by atoms with Gasteiger partial charge in [-0.05, 0) is 38.2 Å². The summed E-state index contributed by atoms with van der Waals surface area (Å²) in [6.45, 7) is 5.60. The van der Waals surface area contributed by atoms with Crippen molar-refractivity contribution < 1.29 is 14.3 Å². The minimum absolute atomic E-state index is 0.0534. The van der Waals surface area contributed by atoms with Gasteiger partial charge in [0.2, 0.25) is 11.8 Å². The van der Waals surface area contributed by atoms with E-state index >= 15 is 0 Å². The van der Waals surface area contributed by atoms with E-state index in [9.17, 15) is 9.59 Å². The fourth-order valence-electron chi connectivity index (χ4n) is 2.92. The molecule has 0 saturated heterocycles. The molecule has 0 aromatic heterocycles. The van der Waals surface area contributed by atoms with Gasteiger partial charge in [0.25, 0.3) is 0 Å². The Kier molecular flexibility index (Phi) is 6.18. The summed E-state index contributed by atoms with van der Waals surface area (Å²) >= 11 is 0. The Balaban J connectivity index is 2.15. The maximum atomic E-state index is 12.3. The number of ether oxygens (including phenoxy) is 1. The van der Waals surface area contributed by atoms with Crippen molar-refractivity contribution in [2.24, 2.45) is 5.73 Å². The highest BCUT2D eigenvalue weighted by atomic mass is 16.5. The third-order valence-electron chi connectivity index (χ3n) is 4.47. The molecule has 2 amide bonds. The van der Waals surface area contributed by atoms with Crippen molar-refractivity contribution in [3.63, 3.8) is 0 Å². The van der Waals surface area contributed by atoms with Crippen LogP contribution in [0.5, 0.6) is 0 Å². The van der Waals surface area contributed by atoms with Gasteiger partial charge < -0.3 is 21.1 Å². The van der Waals surface area contributed by atoms with E-state index in [0.29, 0.717) is 18.0 Å². The van der Waals surface area contributed by atoms with Crippen LogP contribution in [0.1, 0.15) is 52.9 Å². The Labute approximate surface area is 138 Å². The Morgan fingerprint density at radius 1 is 1.30 bits per heavy atom. The van der Waals surface area contributed by atoms with Crippen molar-refractivity contribution >= 4 is 11.8 Å². The molecule has 0 unspecified atom stereocenters. The average Bonchev–Trinajstić information content (AvgIpc) is 3.31. The summed E-state index contributed by atoms with van der Waals surface area (Å²) in [5.74, 6) is -0.190. The van der Waals surface area contributed by atoms with Gasteiger partial charge in [-0.25, -0.2) is 0 Å². The third-order valence-corrected chi connectivity index (χ3v) is 4.47. The van der Waals surface area contributed by atoms with Gasteiger partial charge in [0, 0.05) is 24.6 Å². The highest BCUT2D eigenvalue weighted by molar-refractivity contribution is 5.94. The van der Waals surface area contributed by atoms with Crippen LogP contribution in [0.3, 0.4) is 0 Å². The number of amides is 2. The highest BCUT2D eigenvalue weighted by Crippen LogP contribution is 2.25. The molecule has 0 bridgehead atoms. The van der Waals surface area contributed by atoms with Crippen LogP contribution in [0.2, 0.25) is 0 Å². The lowest BCUT2D eigenvalue weighted by Gasteiger charge is -2.36. The number of carbonyl (C=O) groups is 2. The summed E-state index contributed by atoms with van der Waals surface area (Å²) in [6, 6.07) is -0.320. The monoisotopic (exact) mass is 323 g/mol. The molecule has 2 aliphatic rings. The van der Waals surface area contributed by atoms with Crippen LogP contribution >= 0.6 is 0 Å². The van der Waals surface area contributed by atoms with Gasteiger partial charge in [0.1, 0.15) is 0 Å². The zero-order chi connectivity index (χ0) is 17.0. The van der Waals surface area contributed by atoms with Crippen LogP contribution in [0.15, 0.2) is 11.6 Å². The molecule has 0 aliphatic heterocycles. The topological polar surface area (TPSA) is 93.4 Å². The summed E-state index contributed by atoms with van der Waals surface area (Å²) in [5.41, 5.74) is 6.90. The summed E-state index contributed by atoms with van der Waals surface area (Å²) in [7, 11) is 0. The Morgan fingerprint density at radius 2 is 1.96 bits per heavy atom. The van der Waals surface area contributed by atoms with Crippen LogP contribution in [0.25, 0.3) is 0 Å². The molecular weight excluding hydrogens is 294 g/mol. The first-order chi connectivity index (χ1) is 10.9. The lowest BCUT2D eigenvalue weighted by molar-refractivity contribution is -0.121. The number of rotatable bonds is 7. The van der Waals surface area contributed by atoms with Gasteiger partial charge in [-0.3, -0.25) is 9.59 Å². The first-order valence-electron chi connectivity index (χ1n) is 8.64. The summed E-state index contributed by atoms with van der Waals surface area (Å²) in [5, 5.41) is 5.88. The Hall–Kier alpha value is -1.40. The summed E-state index contributed by atoms with van der Waals surface area (Å²) in [6.07, 6.45) is 5.88. The predicted octanol–water partition coefficient (Wildman–Crippen LogP) is 1.00. The molecule has 2 rings (SSSR count). The van der Waals surface area contributed by atoms with Crippen LogP contribution in [0.4, 0.5) is 0 Å². The first-order valence-corrected chi connectivity index (χ1v) is 8.64. The molecule has 0 radical (unpaired) electrons. The second-order valence-electron chi connectivity index (χ2n) is 6.57. The standard InChI is InChI=1S/C17H29N3O3/c1-4-13(5-2)23-15-9-11(17(22)20-12-6-7-12)8-14(18)16(15)19-10(3)21/h9,12-16H,4-8,18H2,1-3H3,(H,19,21)(H,20,22)/t14-,15+,16+/m0/s1. The maximum Gasteiger partial charge on any atom is 0.247 e. The van der Waals surface area contributed by atoms with Gasteiger partial charge in [-0.1, -0.05) is 13.8 Å². The van der Waals surface area contributed by atoms with Gasteiger partial charge in [-0.2, -0.15) is 0 Å². The van der Waals surface area contributed by atoms with Gasteiger partial charge >= 0.3 is 0 Å². The molecule has 0 aromatic carbocycles. The van der Waals surface area contributed by atoms with Crippen molar-refractivity contribution in [2.75, 3.05) is 0 Å². The fraction of sp³-hybridized carbons (Fsp3) is 0.765. The SMILES string of the molecule is CCC(CC)O[C@@H]1C=C(C(=O)NC2CC2)C[C@H](N)[C@H]1NC(C)=O. The van der Waals surface area contributed by atoms with Crippen LogP contribution in [-0.2, 0) is 14.3 Å². The van der Waals surface area contributed by atoms with E-state index in [1.54, 1.807) is 0 Å². The van der Waals surface area contributed by atoms with Crippen molar-refractivity contribution in [1.29, 1.82) is 0 Å². The number of carbonyl (C=O) groups excluding carboxylic acids is 2. The van der Waals surface area contributed by atoms with Crippen LogP contribution in [0, 0.1) is 0 Å². The molecule has 1 fully saturated rings. The molecular formula is C17H29N3O3. The zero-order valence-corrected chi connectivity index (χ0v) is 14.3. The van der Waals surface area contributed by atoms with Gasteiger partial charge in [0.05, 0.1) is 18.2 Å². The number of hydrogen-bond donors (Lipinski definition) is 3. The first kappa shape index (κ1) is 17.9. The van der Waals surface area contributed by atoms with E-state index in [1.165, 1.54) is 6.92 Å². The zero-order valence-electron chi connectivity index (χ0n) is 14.3. The number of nitrogens with one attached hydrogen (secondary N) is 2. The number of hydrogen-bond acceptors (Lipinski definition) is 4. The van der Waals surface area contributed by atoms with E-state index in [1.807, 2.05) is 6.08 Å². The second kappa shape index (κ2) is 7.93. The molecule has 4 N–H and O–H groups in total. The smallest absolute Gasteiger partial charge is 0.247 e. The second-order valence-corrected chi connectivity index (χ2v) is 6.57. The van der Waals surface area contributed by atoms with Crippen LogP contribution < -0.4 is 16.4 Å². The lowest BCUT2D eigenvalue weighted by atomic mass is 9.87. The summed E-state index contributed by atoms with van der Waals surface area (Å²) < 4.78 is 6.12. The molecule has 0 aromatic rings. The molecule has 2 aliphatic carbocycles. The van der Waals surface area contributed by atoms with Crippen LogP contribution in [-0.4, -0.2) is 42.1 Å². The predicted molar refractivity (Wildman–Crippen MR) is 88.7 cm³/mol. The third kappa shape index (κ3) is 5.04. The maximum absolute atomic E-state index is 12.3. The molecule has 3 atom stereocenters. The van der Waals surface area contributed by atoms with E-state index < -0.39 is 0 Å². The molecule has 130 valence electrons. The fourth-order valence-corrected chi connectivity index (χ4v) is 2.92. The molecule has 6 nitrogen and oxygen atoms in total. The van der Waals surface area contributed by atoms with E-state index in [2.05, 4.69) is 24.5 Å². The molecule has 23 heavy (non-hydrogen) atoms. The molecule has 1 saturated carbocycles. The normalized spacial score (nSPS) is 27.5. The molecule has 0 heterocycles. The lowest BCUT2D eigenvalue weighted by Crippen LogP contribution is -2.57. The molecule has 0 spiro atoms. The Bertz CT molecular complexity index is 470. The molecule has 6 heteroatoms. The van der Waals surface area contributed by atoms with Crippen molar-refractivity contribution in [3.8, 4) is 0 Å². The van der Waals surface area contributed by atoms with Crippen molar-refractivity contribution in [1.82, 2.24) is 10.6 Å². The summed E-state index contributed by atoms with van der Waals surface area (Å²) in [4.78, 5) is 23.8. The Morgan fingerprint density at radius 3 is 2.48 bits per heavy atom. The quantitative estimate of drug-likeness (QED) is 0.651. The minimum atomic E-state index is -0.368. The van der Waals surface area contributed by atoms with E-state index in [-0.39, 0.29) is 36.1 Å². The van der Waals surface area contributed by atoms with Crippen molar-refractivity contribution in [3.05, 3.63) is 11.6 Å². The van der Waals surface area contributed by atoms with Crippen molar-refractivity contribution in [2.45, 2.75) is 83.2 Å². The highest BCUT2D eigenvalue weighted by Gasteiger charge is 2.36. The van der Waals surface area contributed by atoms with Gasteiger partial charge in [0.15, 0.2) is 0 Å². The van der Waals surface area contributed by atoms with Gasteiger partial charge in [-0.15, -0.1) is 0 Å². The van der Waals surface area contributed by atoms with E-state index in [4.69, 9.17) is 10.5 Å².